The normalized spacial score (nSPS) is 10.5. The monoisotopic (exact) mass is 534 g/mol. The second-order valence-electron chi connectivity index (χ2n) is 7.77. The van der Waals surface area contributed by atoms with Gasteiger partial charge in [-0.15, -0.1) is 0 Å². The number of aryl methyl sites for hydroxylation is 3. The molecule has 0 saturated heterocycles. The predicted molar refractivity (Wildman–Crippen MR) is 148 cm³/mol. The number of halogens is 3. The van der Waals surface area contributed by atoms with Crippen LogP contribution in [0.25, 0.3) is 33.1 Å². The Morgan fingerprint density at radius 3 is 0.944 bits per heavy atom. The fraction of sp³-hybridized carbons (Fsp3) is 0.111. The lowest BCUT2D eigenvalue weighted by Gasteiger charge is -2.00. The number of benzene rings is 3. The molecule has 180 valence electrons. The van der Waals surface area contributed by atoms with Gasteiger partial charge >= 0.3 is 0 Å². The molecule has 0 fully saturated rings. The van der Waals surface area contributed by atoms with Crippen molar-refractivity contribution in [2.45, 2.75) is 20.8 Å². The molecule has 6 rings (SSSR count). The minimum atomic E-state index is 0.246. The van der Waals surface area contributed by atoms with Gasteiger partial charge < -0.3 is 0 Å². The molecule has 36 heavy (non-hydrogen) atoms. The van der Waals surface area contributed by atoms with E-state index in [0.717, 1.165) is 50.2 Å². The van der Waals surface area contributed by atoms with Gasteiger partial charge in [-0.3, -0.25) is 0 Å². The zero-order chi connectivity index (χ0) is 25.7. The summed E-state index contributed by atoms with van der Waals surface area (Å²) in [6.45, 7) is 5.81. The van der Waals surface area contributed by atoms with Gasteiger partial charge in [-0.2, -0.15) is 0 Å². The Labute approximate surface area is 223 Å². The van der Waals surface area contributed by atoms with Gasteiger partial charge in [0.25, 0.3) is 0 Å². The van der Waals surface area contributed by atoms with Gasteiger partial charge in [-0.05, 0) is 57.2 Å². The number of rotatable bonds is 0. The summed E-state index contributed by atoms with van der Waals surface area (Å²) in [4.78, 5) is 25.4. The summed E-state index contributed by atoms with van der Waals surface area (Å²) in [5, 5.41) is 0.972. The van der Waals surface area contributed by atoms with E-state index in [9.17, 15) is 0 Å². The summed E-state index contributed by atoms with van der Waals surface area (Å²) in [6, 6.07) is 23.0. The van der Waals surface area contributed by atoms with Crippen LogP contribution in [-0.2, 0) is 0 Å². The molecule has 0 aliphatic heterocycles. The van der Waals surface area contributed by atoms with E-state index in [0.29, 0.717) is 5.15 Å². The fourth-order valence-electron chi connectivity index (χ4n) is 3.20. The molecule has 9 heteroatoms. The molecular formula is C27H21Cl3N6. The zero-order valence-corrected chi connectivity index (χ0v) is 22.0. The summed E-state index contributed by atoms with van der Waals surface area (Å²) in [5.41, 5.74) is 7.98. The lowest BCUT2D eigenvalue weighted by molar-refractivity contribution is 1.10. The minimum Gasteiger partial charge on any atom is -0.250 e. The number of aromatic nitrogens is 6. The first-order valence-electron chi connectivity index (χ1n) is 11.0. The van der Waals surface area contributed by atoms with E-state index < -0.39 is 0 Å². The maximum absolute atomic E-state index is 5.81. The van der Waals surface area contributed by atoms with Gasteiger partial charge in [0.2, 0.25) is 0 Å². The average Bonchev–Trinajstić information content (AvgIpc) is 2.87. The van der Waals surface area contributed by atoms with Gasteiger partial charge in [0, 0.05) is 0 Å². The Kier molecular flexibility index (Phi) is 8.21. The molecule has 6 aromatic rings. The number of fused-ring (bicyclic) bond motifs is 3. The first kappa shape index (κ1) is 25.6. The highest BCUT2D eigenvalue weighted by Crippen LogP contribution is 2.20. The Morgan fingerprint density at radius 1 is 0.361 bits per heavy atom. The second kappa shape index (κ2) is 11.5. The molecule has 0 unspecified atom stereocenters. The standard InChI is InChI=1S/C10H10N2.C9H7ClN2.C8H4Cl2N2/c1-7-8(2)12-10-6-4-3-5-9(10)11-7;1-6-9(10)12-8-5-3-2-4-7(8)11-6;9-7-8(10)12-6-4-2-1-3-5(6)11-7/h3-6H,1-2H3;2-5H,1H3;1-4H. The molecule has 3 aromatic heterocycles. The third-order valence-electron chi connectivity index (χ3n) is 5.16. The maximum atomic E-state index is 5.81. The quantitative estimate of drug-likeness (QED) is 0.198. The van der Waals surface area contributed by atoms with Crippen molar-refractivity contribution in [2.24, 2.45) is 0 Å². The summed E-state index contributed by atoms with van der Waals surface area (Å²) >= 11 is 17.2. The van der Waals surface area contributed by atoms with Crippen molar-refractivity contribution >= 4 is 67.9 Å². The highest BCUT2D eigenvalue weighted by Gasteiger charge is 2.02. The van der Waals surface area contributed by atoms with Crippen molar-refractivity contribution in [3.8, 4) is 0 Å². The zero-order valence-electron chi connectivity index (χ0n) is 19.7. The molecule has 3 heterocycles. The third-order valence-corrected chi connectivity index (χ3v) is 6.14. The Bertz CT molecular complexity index is 1350. The van der Waals surface area contributed by atoms with Gasteiger partial charge in [0.1, 0.15) is 0 Å². The fourth-order valence-corrected chi connectivity index (χ4v) is 3.60. The average molecular weight is 536 g/mol. The SMILES string of the molecule is Cc1nc2ccccc2nc1C.Cc1nc2ccccc2nc1Cl.Clc1nc2ccccc2nc1Cl. The van der Waals surface area contributed by atoms with Crippen molar-refractivity contribution in [1.82, 2.24) is 29.9 Å². The largest absolute Gasteiger partial charge is 0.250 e. The number of para-hydroxylation sites is 6. The van der Waals surface area contributed by atoms with Crippen molar-refractivity contribution in [3.63, 3.8) is 0 Å². The molecule has 0 bridgehead atoms. The Hall–Kier alpha value is -3.45. The molecule has 0 aliphatic carbocycles. The van der Waals surface area contributed by atoms with Crippen LogP contribution >= 0.6 is 34.8 Å². The highest BCUT2D eigenvalue weighted by molar-refractivity contribution is 6.40. The molecule has 3 aromatic carbocycles. The molecule has 0 aliphatic rings. The van der Waals surface area contributed by atoms with Gasteiger partial charge in [0.05, 0.1) is 50.2 Å². The molecule has 0 radical (unpaired) electrons. The molecule has 6 nitrogen and oxygen atoms in total. The lowest BCUT2D eigenvalue weighted by atomic mass is 10.2. The topological polar surface area (TPSA) is 77.3 Å². The molecule has 0 saturated carbocycles. The van der Waals surface area contributed by atoms with Crippen LogP contribution in [0.3, 0.4) is 0 Å². The Balaban J connectivity index is 0.000000127. The molecule has 0 amide bonds. The summed E-state index contributed by atoms with van der Waals surface area (Å²) in [6.07, 6.45) is 0. The van der Waals surface area contributed by atoms with E-state index >= 15 is 0 Å². The number of hydrogen-bond acceptors (Lipinski definition) is 6. The van der Waals surface area contributed by atoms with Crippen molar-refractivity contribution in [2.75, 3.05) is 0 Å². The molecule has 0 N–H and O–H groups in total. The number of hydrogen-bond donors (Lipinski definition) is 0. The van der Waals surface area contributed by atoms with Crippen molar-refractivity contribution in [1.29, 1.82) is 0 Å². The van der Waals surface area contributed by atoms with E-state index in [4.69, 9.17) is 34.8 Å². The summed E-state index contributed by atoms with van der Waals surface area (Å²) in [5.74, 6) is 0. The van der Waals surface area contributed by atoms with Crippen LogP contribution in [-0.4, -0.2) is 29.9 Å². The third kappa shape index (κ3) is 6.21. The van der Waals surface area contributed by atoms with Crippen LogP contribution in [0.5, 0.6) is 0 Å². The Morgan fingerprint density at radius 2 is 0.611 bits per heavy atom. The predicted octanol–water partition coefficient (Wildman–Crippen LogP) is 7.77. The summed E-state index contributed by atoms with van der Waals surface area (Å²) in [7, 11) is 0. The van der Waals surface area contributed by atoms with Crippen LogP contribution < -0.4 is 0 Å². The van der Waals surface area contributed by atoms with E-state index in [2.05, 4.69) is 29.9 Å². The first-order valence-corrected chi connectivity index (χ1v) is 12.1. The maximum Gasteiger partial charge on any atom is 0.167 e. The van der Waals surface area contributed by atoms with E-state index in [-0.39, 0.29) is 10.3 Å². The van der Waals surface area contributed by atoms with Gasteiger partial charge in [-0.1, -0.05) is 71.2 Å². The van der Waals surface area contributed by atoms with Crippen LogP contribution in [0.1, 0.15) is 17.1 Å². The van der Waals surface area contributed by atoms with E-state index in [1.54, 1.807) is 0 Å². The molecular weight excluding hydrogens is 515 g/mol. The molecule has 0 atom stereocenters. The van der Waals surface area contributed by atoms with Gasteiger partial charge in [-0.25, -0.2) is 29.9 Å². The highest BCUT2D eigenvalue weighted by atomic mass is 35.5. The smallest absolute Gasteiger partial charge is 0.167 e. The van der Waals surface area contributed by atoms with Crippen molar-refractivity contribution < 1.29 is 0 Å². The van der Waals surface area contributed by atoms with Crippen LogP contribution in [0.2, 0.25) is 15.5 Å². The first-order chi connectivity index (χ1) is 17.3. The van der Waals surface area contributed by atoms with Crippen LogP contribution in [0, 0.1) is 20.8 Å². The summed E-state index contributed by atoms with van der Waals surface area (Å²) < 4.78 is 0. The lowest BCUT2D eigenvalue weighted by Crippen LogP contribution is -1.92. The van der Waals surface area contributed by atoms with Crippen molar-refractivity contribution in [3.05, 3.63) is 105 Å². The van der Waals surface area contributed by atoms with Crippen LogP contribution in [0.4, 0.5) is 0 Å². The second-order valence-corrected chi connectivity index (χ2v) is 8.84. The number of nitrogens with zero attached hydrogens (tertiary/aromatic N) is 6. The van der Waals surface area contributed by atoms with Crippen LogP contribution in [0.15, 0.2) is 72.8 Å². The van der Waals surface area contributed by atoms with Gasteiger partial charge in [0.15, 0.2) is 15.5 Å². The van der Waals surface area contributed by atoms with E-state index in [1.807, 2.05) is 93.6 Å². The minimum absolute atomic E-state index is 0.246. The van der Waals surface area contributed by atoms with E-state index in [1.165, 1.54) is 0 Å². The molecule has 0 spiro atoms.